The van der Waals surface area contributed by atoms with Gasteiger partial charge < -0.3 is 10.6 Å². The van der Waals surface area contributed by atoms with E-state index in [4.69, 9.17) is 10.6 Å². The maximum Gasteiger partial charge on any atom is 0.335 e. The van der Waals surface area contributed by atoms with E-state index in [-0.39, 0.29) is 24.2 Å². The van der Waals surface area contributed by atoms with Crippen LogP contribution in [0.25, 0.3) is 0 Å². The molecule has 0 spiro atoms. The molecule has 0 saturated heterocycles. The molecule has 134 valence electrons. The predicted molar refractivity (Wildman–Crippen MR) is 91.3 cm³/mol. The lowest BCUT2D eigenvalue weighted by molar-refractivity contribution is -0.394. The summed E-state index contributed by atoms with van der Waals surface area (Å²) in [6, 6.07) is 11.9. The third-order valence-corrected chi connectivity index (χ3v) is 3.32. The normalized spacial score (nSPS) is 11.0. The number of nitro groups is 2. The van der Waals surface area contributed by atoms with Gasteiger partial charge in [-0.05, 0) is 12.0 Å². The van der Waals surface area contributed by atoms with Crippen LogP contribution < -0.4 is 5.73 Å². The quantitative estimate of drug-likeness (QED) is 0.262. The summed E-state index contributed by atoms with van der Waals surface area (Å²) in [4.78, 5) is 36.6. The number of hydrogen-bond acceptors (Lipinski definition) is 7. The summed E-state index contributed by atoms with van der Waals surface area (Å²) >= 11 is 0. The fourth-order valence-electron chi connectivity index (χ4n) is 2.07. The molecule has 2 rings (SSSR count). The molecule has 0 atom stereocenters. The Kier molecular flexibility index (Phi) is 5.93. The van der Waals surface area contributed by atoms with Crippen molar-refractivity contribution in [2.75, 3.05) is 0 Å². The highest BCUT2D eigenvalue weighted by molar-refractivity contribution is 5.97. The molecule has 0 aliphatic carbocycles. The van der Waals surface area contributed by atoms with Crippen LogP contribution in [0.4, 0.5) is 11.4 Å². The van der Waals surface area contributed by atoms with E-state index in [0.29, 0.717) is 5.56 Å². The lowest BCUT2D eigenvalue weighted by Gasteiger charge is -2.02. The zero-order valence-electron chi connectivity index (χ0n) is 13.4. The number of aryl methyl sites for hydroxylation is 1. The summed E-state index contributed by atoms with van der Waals surface area (Å²) in [5, 5.41) is 25.2. The second-order valence-electron chi connectivity index (χ2n) is 5.18. The van der Waals surface area contributed by atoms with Gasteiger partial charge in [0.05, 0.1) is 22.3 Å². The zero-order valence-corrected chi connectivity index (χ0v) is 13.4. The van der Waals surface area contributed by atoms with Crippen molar-refractivity contribution in [3.8, 4) is 0 Å². The number of nitro benzene ring substituents is 2. The molecule has 0 aromatic heterocycles. The minimum atomic E-state index is -0.736. The van der Waals surface area contributed by atoms with Crippen molar-refractivity contribution in [3.63, 3.8) is 0 Å². The zero-order chi connectivity index (χ0) is 19.1. The monoisotopic (exact) mass is 358 g/mol. The van der Waals surface area contributed by atoms with Crippen LogP contribution >= 0.6 is 0 Å². The van der Waals surface area contributed by atoms with Gasteiger partial charge in [0, 0.05) is 17.7 Å². The third-order valence-electron chi connectivity index (χ3n) is 3.32. The van der Waals surface area contributed by atoms with Crippen LogP contribution in [0.3, 0.4) is 0 Å². The molecule has 0 aliphatic heterocycles. The SMILES string of the molecule is N/C(=N\OC(=O)CCc1cc([N+](=O)[O-])cc([N+](=O)[O-])c1)c1ccccc1. The molecule has 2 aromatic carbocycles. The highest BCUT2D eigenvalue weighted by Gasteiger charge is 2.17. The summed E-state index contributed by atoms with van der Waals surface area (Å²) < 4.78 is 0. The van der Waals surface area contributed by atoms with Gasteiger partial charge in [-0.2, -0.15) is 0 Å². The van der Waals surface area contributed by atoms with Crippen molar-refractivity contribution in [1.82, 2.24) is 0 Å². The van der Waals surface area contributed by atoms with Crippen molar-refractivity contribution >= 4 is 23.2 Å². The Bertz CT molecular complexity index is 834. The molecule has 2 N–H and O–H groups in total. The van der Waals surface area contributed by atoms with Gasteiger partial charge in [-0.15, -0.1) is 0 Å². The van der Waals surface area contributed by atoms with Crippen LogP contribution in [0.5, 0.6) is 0 Å². The molecule has 10 nitrogen and oxygen atoms in total. The molecule has 0 amide bonds. The molecule has 0 fully saturated rings. The average molecular weight is 358 g/mol. The van der Waals surface area contributed by atoms with Crippen LogP contribution in [-0.4, -0.2) is 21.7 Å². The Morgan fingerprint density at radius 2 is 1.62 bits per heavy atom. The first-order chi connectivity index (χ1) is 12.4. The third kappa shape index (κ3) is 5.09. The number of carbonyl (C=O) groups is 1. The Balaban J connectivity index is 2.01. The average Bonchev–Trinajstić information content (AvgIpc) is 2.64. The van der Waals surface area contributed by atoms with Gasteiger partial charge in [-0.1, -0.05) is 35.5 Å². The van der Waals surface area contributed by atoms with Crippen LogP contribution in [0, 0.1) is 20.2 Å². The number of nitrogens with zero attached hydrogens (tertiary/aromatic N) is 3. The molecule has 2 aromatic rings. The maximum atomic E-state index is 11.7. The molecular weight excluding hydrogens is 344 g/mol. The smallest absolute Gasteiger partial charge is 0.335 e. The van der Waals surface area contributed by atoms with Gasteiger partial charge >= 0.3 is 5.97 Å². The van der Waals surface area contributed by atoms with Crippen molar-refractivity contribution < 1.29 is 19.5 Å². The number of carbonyl (C=O) groups excluding carboxylic acids is 1. The van der Waals surface area contributed by atoms with Gasteiger partial charge in [-0.25, -0.2) is 4.79 Å². The maximum absolute atomic E-state index is 11.7. The molecule has 0 bridgehead atoms. The number of hydrogen-bond donors (Lipinski definition) is 1. The fourth-order valence-corrected chi connectivity index (χ4v) is 2.07. The summed E-state index contributed by atoms with van der Waals surface area (Å²) in [7, 11) is 0. The van der Waals surface area contributed by atoms with Crippen molar-refractivity contribution in [1.29, 1.82) is 0 Å². The van der Waals surface area contributed by atoms with E-state index in [1.54, 1.807) is 30.3 Å². The van der Waals surface area contributed by atoms with Crippen LogP contribution in [0.2, 0.25) is 0 Å². The van der Waals surface area contributed by atoms with E-state index in [1.165, 1.54) is 12.1 Å². The van der Waals surface area contributed by atoms with Gasteiger partial charge in [-0.3, -0.25) is 20.2 Å². The van der Waals surface area contributed by atoms with Gasteiger partial charge in [0.15, 0.2) is 5.84 Å². The molecule has 26 heavy (non-hydrogen) atoms. The van der Waals surface area contributed by atoms with Crippen LogP contribution in [-0.2, 0) is 16.1 Å². The second kappa shape index (κ2) is 8.33. The Morgan fingerprint density at radius 3 is 2.15 bits per heavy atom. The highest BCUT2D eigenvalue weighted by Crippen LogP contribution is 2.23. The number of oxime groups is 1. The van der Waals surface area contributed by atoms with Crippen molar-refractivity contribution in [2.24, 2.45) is 10.9 Å². The number of non-ortho nitro benzene ring substituents is 2. The molecule has 0 aliphatic rings. The lowest BCUT2D eigenvalue weighted by Crippen LogP contribution is -2.15. The largest absolute Gasteiger partial charge is 0.380 e. The predicted octanol–water partition coefficient (Wildman–Crippen LogP) is 2.30. The standard InChI is InChI=1S/C16H14N4O6/c17-16(12-4-2-1-3-5-12)18-26-15(21)7-6-11-8-13(19(22)23)10-14(9-11)20(24)25/h1-5,8-10H,6-7H2,(H2,17,18). The number of nitrogens with two attached hydrogens (primary N) is 1. The topological polar surface area (TPSA) is 151 Å². The van der Waals surface area contributed by atoms with E-state index in [1.807, 2.05) is 0 Å². The van der Waals surface area contributed by atoms with E-state index in [2.05, 4.69) is 5.16 Å². The molecule has 10 heteroatoms. The molecular formula is C16H14N4O6. The van der Waals surface area contributed by atoms with E-state index in [9.17, 15) is 25.0 Å². The lowest BCUT2D eigenvalue weighted by atomic mass is 10.1. The Morgan fingerprint density at radius 1 is 1.04 bits per heavy atom. The minimum absolute atomic E-state index is 0.0160. The van der Waals surface area contributed by atoms with E-state index >= 15 is 0 Å². The molecule has 0 heterocycles. The van der Waals surface area contributed by atoms with Crippen LogP contribution in [0.15, 0.2) is 53.7 Å². The van der Waals surface area contributed by atoms with Gasteiger partial charge in [0.25, 0.3) is 11.4 Å². The summed E-state index contributed by atoms with van der Waals surface area (Å²) in [6.45, 7) is 0. The summed E-state index contributed by atoms with van der Waals surface area (Å²) in [6.07, 6.45) is -0.161. The van der Waals surface area contributed by atoms with E-state index < -0.39 is 27.2 Å². The number of rotatable bonds is 7. The first-order valence-corrected chi connectivity index (χ1v) is 7.38. The molecule has 0 radical (unpaired) electrons. The van der Waals surface area contributed by atoms with Crippen LogP contribution in [0.1, 0.15) is 17.5 Å². The minimum Gasteiger partial charge on any atom is -0.380 e. The summed E-state index contributed by atoms with van der Waals surface area (Å²) in [5.41, 5.74) is 5.68. The number of benzene rings is 2. The highest BCUT2D eigenvalue weighted by atomic mass is 16.7. The Hall–Kier alpha value is -3.82. The van der Waals surface area contributed by atoms with Gasteiger partial charge in [0.1, 0.15) is 0 Å². The number of amidine groups is 1. The summed E-state index contributed by atoms with van der Waals surface area (Å²) in [5.74, 6) is -0.706. The van der Waals surface area contributed by atoms with Gasteiger partial charge in [0.2, 0.25) is 0 Å². The first kappa shape index (κ1) is 18.5. The second-order valence-corrected chi connectivity index (χ2v) is 5.18. The molecule has 0 saturated carbocycles. The molecule has 0 unspecified atom stereocenters. The Labute approximate surface area is 147 Å². The fraction of sp³-hybridized carbons (Fsp3) is 0.125. The van der Waals surface area contributed by atoms with Crippen molar-refractivity contribution in [3.05, 3.63) is 79.9 Å². The van der Waals surface area contributed by atoms with E-state index in [0.717, 1.165) is 6.07 Å². The first-order valence-electron chi connectivity index (χ1n) is 7.38. The van der Waals surface area contributed by atoms with Crippen molar-refractivity contribution in [2.45, 2.75) is 12.8 Å².